The number of Topliss-reactive ketones (excluding diaryl/α,β-unsaturated/α-hetero) is 2. The number of hydrogen-bond donors (Lipinski definition) is 0. The highest BCUT2D eigenvalue weighted by atomic mass is 32.2. The van der Waals surface area contributed by atoms with Crippen molar-refractivity contribution in [1.29, 1.82) is 0 Å². The molecule has 0 radical (unpaired) electrons. The summed E-state index contributed by atoms with van der Waals surface area (Å²) in [6, 6.07) is 6.09. The molecule has 156 valence electrons. The SMILES string of the molecule is CCN(CC)C(=O)OCc1ccc(S(=O)(=O)CC(CC(C)=O)CC(C)=O)cc1. The molecule has 0 bridgehead atoms. The molecule has 28 heavy (non-hydrogen) atoms. The number of carbonyl (C=O) groups is 3. The number of hydrogen-bond acceptors (Lipinski definition) is 6. The van der Waals surface area contributed by atoms with Crippen molar-refractivity contribution in [2.75, 3.05) is 18.8 Å². The van der Waals surface area contributed by atoms with Crippen molar-refractivity contribution < 1.29 is 27.5 Å². The third-order valence-electron chi connectivity index (χ3n) is 4.27. The fraction of sp³-hybridized carbons (Fsp3) is 0.550. The first kappa shape index (κ1) is 23.8. The van der Waals surface area contributed by atoms with Crippen molar-refractivity contribution >= 4 is 27.5 Å². The van der Waals surface area contributed by atoms with Crippen molar-refractivity contribution in [3.05, 3.63) is 29.8 Å². The van der Waals surface area contributed by atoms with Crippen LogP contribution in [0.1, 0.15) is 46.1 Å². The third kappa shape index (κ3) is 7.80. The minimum absolute atomic E-state index is 0.0486. The average molecular weight is 412 g/mol. The summed E-state index contributed by atoms with van der Waals surface area (Å²) in [4.78, 5) is 36.3. The van der Waals surface area contributed by atoms with E-state index in [2.05, 4.69) is 0 Å². The van der Waals surface area contributed by atoms with Gasteiger partial charge in [-0.1, -0.05) is 12.1 Å². The van der Waals surface area contributed by atoms with Gasteiger partial charge in [-0.15, -0.1) is 0 Å². The minimum Gasteiger partial charge on any atom is -0.445 e. The van der Waals surface area contributed by atoms with Gasteiger partial charge in [0.1, 0.15) is 18.2 Å². The number of ketones is 2. The fourth-order valence-corrected chi connectivity index (χ4v) is 4.52. The lowest BCUT2D eigenvalue weighted by Crippen LogP contribution is -2.30. The van der Waals surface area contributed by atoms with Crippen molar-refractivity contribution in [1.82, 2.24) is 4.90 Å². The molecule has 0 aliphatic carbocycles. The van der Waals surface area contributed by atoms with Crippen molar-refractivity contribution in [2.45, 2.75) is 52.0 Å². The Morgan fingerprint density at radius 1 is 0.964 bits per heavy atom. The molecule has 7 nitrogen and oxygen atoms in total. The Balaban J connectivity index is 2.80. The van der Waals surface area contributed by atoms with E-state index in [1.54, 1.807) is 17.0 Å². The maximum atomic E-state index is 12.6. The molecule has 0 fully saturated rings. The number of amides is 1. The van der Waals surface area contributed by atoms with E-state index in [9.17, 15) is 22.8 Å². The summed E-state index contributed by atoms with van der Waals surface area (Å²) >= 11 is 0. The molecule has 1 rings (SSSR count). The van der Waals surface area contributed by atoms with Crippen LogP contribution in [0.4, 0.5) is 4.79 Å². The second-order valence-corrected chi connectivity index (χ2v) is 8.86. The molecule has 0 spiro atoms. The quantitative estimate of drug-likeness (QED) is 0.555. The Bertz CT molecular complexity index is 765. The standard InChI is InChI=1S/C20H29NO6S/c1-5-21(6-2)20(24)27-13-17-7-9-19(10-8-17)28(25,26)14-18(11-15(3)22)12-16(4)23/h7-10,18H,5-6,11-14H2,1-4H3. The topological polar surface area (TPSA) is 97.8 Å². The number of benzene rings is 1. The summed E-state index contributed by atoms with van der Waals surface area (Å²) in [5, 5.41) is 0. The summed E-state index contributed by atoms with van der Waals surface area (Å²) in [5.41, 5.74) is 0.670. The second kappa shape index (κ2) is 10.9. The highest BCUT2D eigenvalue weighted by Crippen LogP contribution is 2.20. The molecule has 0 aliphatic rings. The maximum absolute atomic E-state index is 12.6. The predicted octanol–water partition coefficient (Wildman–Crippen LogP) is 3.01. The van der Waals surface area contributed by atoms with Crippen LogP contribution in [0.3, 0.4) is 0 Å². The van der Waals surface area contributed by atoms with Gasteiger partial charge in [0.15, 0.2) is 9.84 Å². The van der Waals surface area contributed by atoms with Crippen LogP contribution < -0.4 is 0 Å². The van der Waals surface area contributed by atoms with Crippen molar-refractivity contribution in [3.8, 4) is 0 Å². The van der Waals surface area contributed by atoms with E-state index in [0.29, 0.717) is 18.7 Å². The Morgan fingerprint density at radius 2 is 1.46 bits per heavy atom. The molecule has 0 saturated carbocycles. The Labute approximate surface area is 167 Å². The van der Waals surface area contributed by atoms with Crippen LogP contribution >= 0.6 is 0 Å². The summed E-state index contributed by atoms with van der Waals surface area (Å²) in [6.07, 6.45) is -0.311. The zero-order chi connectivity index (χ0) is 21.3. The molecule has 0 saturated heterocycles. The van der Waals surface area contributed by atoms with Crippen molar-refractivity contribution in [3.63, 3.8) is 0 Å². The highest BCUT2D eigenvalue weighted by Gasteiger charge is 2.23. The first-order chi connectivity index (χ1) is 13.1. The summed E-state index contributed by atoms with van der Waals surface area (Å²) in [5.74, 6) is -1.09. The van der Waals surface area contributed by atoms with Gasteiger partial charge < -0.3 is 19.2 Å². The highest BCUT2D eigenvalue weighted by molar-refractivity contribution is 7.91. The Kier molecular flexibility index (Phi) is 9.31. The molecule has 1 aromatic carbocycles. The first-order valence-corrected chi connectivity index (χ1v) is 11.0. The largest absolute Gasteiger partial charge is 0.445 e. The van der Waals surface area contributed by atoms with Crippen LogP contribution in [-0.4, -0.2) is 49.8 Å². The number of rotatable bonds is 11. The van der Waals surface area contributed by atoms with Gasteiger partial charge in [-0.3, -0.25) is 0 Å². The molecule has 0 aromatic heterocycles. The van der Waals surface area contributed by atoms with E-state index < -0.39 is 21.8 Å². The summed E-state index contributed by atoms with van der Waals surface area (Å²) in [7, 11) is -3.64. The maximum Gasteiger partial charge on any atom is 0.410 e. The lowest BCUT2D eigenvalue weighted by Gasteiger charge is -2.18. The first-order valence-electron chi connectivity index (χ1n) is 9.31. The molecule has 0 unspecified atom stereocenters. The van der Waals surface area contributed by atoms with Crippen LogP contribution in [0.25, 0.3) is 0 Å². The van der Waals surface area contributed by atoms with Gasteiger partial charge in [0, 0.05) is 25.9 Å². The molecular formula is C20H29NO6S. The molecule has 8 heteroatoms. The monoisotopic (exact) mass is 411 g/mol. The summed E-state index contributed by atoms with van der Waals surface area (Å²) in [6.45, 7) is 7.63. The van der Waals surface area contributed by atoms with Crippen LogP contribution in [-0.2, 0) is 30.8 Å². The van der Waals surface area contributed by atoms with E-state index in [-0.39, 0.29) is 41.7 Å². The van der Waals surface area contributed by atoms with E-state index in [1.165, 1.54) is 26.0 Å². The smallest absolute Gasteiger partial charge is 0.410 e. The number of ether oxygens (including phenoxy) is 1. The fourth-order valence-electron chi connectivity index (χ4n) is 2.92. The van der Waals surface area contributed by atoms with Gasteiger partial charge in [-0.2, -0.15) is 0 Å². The van der Waals surface area contributed by atoms with Gasteiger partial charge in [0.2, 0.25) is 0 Å². The number of sulfone groups is 1. The van der Waals surface area contributed by atoms with Crippen LogP contribution in [0.2, 0.25) is 0 Å². The van der Waals surface area contributed by atoms with Crippen LogP contribution in [0.15, 0.2) is 29.2 Å². The van der Waals surface area contributed by atoms with Gasteiger partial charge >= 0.3 is 6.09 Å². The van der Waals surface area contributed by atoms with E-state index >= 15 is 0 Å². The van der Waals surface area contributed by atoms with Crippen molar-refractivity contribution in [2.24, 2.45) is 5.92 Å². The molecule has 1 aromatic rings. The Morgan fingerprint density at radius 3 is 1.89 bits per heavy atom. The Hall–Kier alpha value is -2.22. The predicted molar refractivity (Wildman–Crippen MR) is 106 cm³/mol. The number of nitrogens with zero attached hydrogens (tertiary/aromatic N) is 1. The van der Waals surface area contributed by atoms with Gasteiger partial charge in [0.05, 0.1) is 10.6 Å². The van der Waals surface area contributed by atoms with Crippen LogP contribution in [0, 0.1) is 5.92 Å². The summed E-state index contributed by atoms with van der Waals surface area (Å²) < 4.78 is 30.5. The zero-order valence-corrected chi connectivity index (χ0v) is 17.8. The lowest BCUT2D eigenvalue weighted by atomic mass is 9.99. The minimum atomic E-state index is -3.64. The molecule has 0 heterocycles. The third-order valence-corrected chi connectivity index (χ3v) is 6.17. The lowest BCUT2D eigenvalue weighted by molar-refractivity contribution is -0.119. The van der Waals surface area contributed by atoms with Gasteiger partial charge in [-0.05, 0) is 51.3 Å². The molecule has 1 amide bonds. The molecule has 0 N–H and O–H groups in total. The molecule has 0 aliphatic heterocycles. The van der Waals surface area contributed by atoms with E-state index in [1.807, 2.05) is 13.8 Å². The van der Waals surface area contributed by atoms with Crippen LogP contribution in [0.5, 0.6) is 0 Å². The molecular weight excluding hydrogens is 382 g/mol. The average Bonchev–Trinajstić information content (AvgIpc) is 2.59. The number of carbonyl (C=O) groups excluding carboxylic acids is 3. The van der Waals surface area contributed by atoms with Gasteiger partial charge in [0.25, 0.3) is 0 Å². The van der Waals surface area contributed by atoms with E-state index in [0.717, 1.165) is 0 Å². The second-order valence-electron chi connectivity index (χ2n) is 6.83. The van der Waals surface area contributed by atoms with E-state index in [4.69, 9.17) is 4.74 Å². The molecule has 0 atom stereocenters. The normalized spacial score (nSPS) is 11.3. The van der Waals surface area contributed by atoms with Gasteiger partial charge in [-0.25, -0.2) is 13.2 Å². The zero-order valence-electron chi connectivity index (χ0n) is 16.9.